The van der Waals surface area contributed by atoms with Crippen molar-refractivity contribution in [2.75, 3.05) is 18.1 Å². The van der Waals surface area contributed by atoms with Crippen LogP contribution in [0.3, 0.4) is 0 Å². The monoisotopic (exact) mass is 493 g/mol. The molecule has 0 unspecified atom stereocenters. The van der Waals surface area contributed by atoms with Gasteiger partial charge in [0, 0.05) is 23.0 Å². The van der Waals surface area contributed by atoms with Crippen molar-refractivity contribution in [1.82, 2.24) is 14.8 Å². The summed E-state index contributed by atoms with van der Waals surface area (Å²) in [7, 11) is -3.09. The van der Waals surface area contributed by atoms with E-state index in [9.17, 15) is 22.8 Å². The van der Waals surface area contributed by atoms with Crippen molar-refractivity contribution >= 4 is 38.3 Å². The van der Waals surface area contributed by atoms with E-state index in [0.29, 0.717) is 23.2 Å². The van der Waals surface area contributed by atoms with Crippen molar-refractivity contribution in [2.45, 2.75) is 38.8 Å². The first-order chi connectivity index (χ1) is 16.5. The van der Waals surface area contributed by atoms with Crippen LogP contribution in [0.1, 0.15) is 46.7 Å². The fourth-order valence-electron chi connectivity index (χ4n) is 5.37. The zero-order valence-electron chi connectivity index (χ0n) is 19.9. The zero-order valence-corrected chi connectivity index (χ0v) is 20.7. The molecule has 3 heterocycles. The van der Waals surface area contributed by atoms with Gasteiger partial charge in [-0.2, -0.15) is 0 Å². The van der Waals surface area contributed by atoms with Gasteiger partial charge in [-0.25, -0.2) is 13.2 Å². The van der Waals surface area contributed by atoms with Gasteiger partial charge in [0.1, 0.15) is 5.54 Å². The number of benzene rings is 2. The first kappa shape index (κ1) is 23.3. The Kier molecular flexibility index (Phi) is 5.36. The number of carbonyl (C=O) groups is 3. The Labute approximate surface area is 203 Å². The van der Waals surface area contributed by atoms with Crippen LogP contribution in [0.2, 0.25) is 0 Å². The Bertz CT molecular complexity index is 1510. The van der Waals surface area contributed by atoms with Gasteiger partial charge in [-0.1, -0.05) is 36.4 Å². The number of carbonyl (C=O) groups excluding carboxylic acids is 3. The van der Waals surface area contributed by atoms with Gasteiger partial charge >= 0.3 is 6.03 Å². The first-order valence-corrected chi connectivity index (χ1v) is 13.4. The van der Waals surface area contributed by atoms with Gasteiger partial charge in [0.25, 0.3) is 5.91 Å². The van der Waals surface area contributed by atoms with Crippen LogP contribution in [0.4, 0.5) is 4.79 Å². The van der Waals surface area contributed by atoms with Crippen molar-refractivity contribution in [3.63, 3.8) is 0 Å². The van der Waals surface area contributed by atoms with E-state index >= 15 is 0 Å². The summed E-state index contributed by atoms with van der Waals surface area (Å²) in [6, 6.07) is 14.2. The van der Waals surface area contributed by atoms with Gasteiger partial charge in [0.2, 0.25) is 0 Å². The molecule has 35 heavy (non-hydrogen) atoms. The molecule has 5 rings (SSSR count). The highest BCUT2D eigenvalue weighted by molar-refractivity contribution is 7.91. The van der Waals surface area contributed by atoms with Gasteiger partial charge in [-0.15, -0.1) is 0 Å². The number of aromatic nitrogens is 1. The Morgan fingerprint density at radius 2 is 1.80 bits per heavy atom. The normalized spacial score (nSPS) is 23.7. The number of imide groups is 1. The number of nitrogens with one attached hydrogen (secondary N) is 1. The summed E-state index contributed by atoms with van der Waals surface area (Å²) in [4.78, 5) is 40.4. The van der Waals surface area contributed by atoms with Crippen LogP contribution >= 0.6 is 0 Å². The molecular formula is C26H27N3O5S. The van der Waals surface area contributed by atoms with Crippen LogP contribution in [0, 0.1) is 13.8 Å². The van der Waals surface area contributed by atoms with Crippen molar-refractivity contribution in [2.24, 2.45) is 0 Å². The van der Waals surface area contributed by atoms with E-state index in [1.54, 1.807) is 19.9 Å². The van der Waals surface area contributed by atoms with E-state index in [1.165, 1.54) is 0 Å². The second-order valence-corrected chi connectivity index (χ2v) is 11.9. The molecule has 2 aliphatic rings. The molecule has 2 aliphatic heterocycles. The quantitative estimate of drug-likeness (QED) is 0.434. The van der Waals surface area contributed by atoms with E-state index < -0.39 is 27.3 Å². The molecule has 3 aromatic rings. The summed E-state index contributed by atoms with van der Waals surface area (Å²) in [6.07, 6.45) is 0.503. The molecule has 0 saturated carbocycles. The lowest BCUT2D eigenvalue weighted by Crippen LogP contribution is -2.41. The van der Waals surface area contributed by atoms with Crippen LogP contribution in [0.15, 0.2) is 48.5 Å². The highest BCUT2D eigenvalue weighted by Crippen LogP contribution is 2.32. The van der Waals surface area contributed by atoms with Gasteiger partial charge in [0.15, 0.2) is 15.6 Å². The number of rotatable bonds is 5. The van der Waals surface area contributed by atoms with Crippen molar-refractivity contribution in [3.05, 3.63) is 71.0 Å². The fourth-order valence-corrected chi connectivity index (χ4v) is 7.07. The van der Waals surface area contributed by atoms with E-state index in [0.717, 1.165) is 21.4 Å². The second-order valence-electron chi connectivity index (χ2n) is 9.64. The summed E-state index contributed by atoms with van der Waals surface area (Å²) in [5.74, 6) is -0.666. The average molecular weight is 494 g/mol. The third-order valence-electron chi connectivity index (χ3n) is 7.26. The van der Waals surface area contributed by atoms with Crippen LogP contribution in [0.5, 0.6) is 0 Å². The third kappa shape index (κ3) is 3.83. The summed E-state index contributed by atoms with van der Waals surface area (Å²) in [6.45, 7) is 4.87. The van der Waals surface area contributed by atoms with Crippen molar-refractivity contribution < 1.29 is 22.8 Å². The maximum atomic E-state index is 13.4. The lowest BCUT2D eigenvalue weighted by atomic mass is 9.90. The van der Waals surface area contributed by atoms with E-state index in [1.807, 2.05) is 54.0 Å². The predicted octanol–water partition coefficient (Wildman–Crippen LogP) is 3.27. The Morgan fingerprint density at radius 3 is 2.49 bits per heavy atom. The van der Waals surface area contributed by atoms with E-state index in [4.69, 9.17) is 0 Å². The van der Waals surface area contributed by atoms with Gasteiger partial charge in [0.05, 0.1) is 18.1 Å². The van der Waals surface area contributed by atoms with E-state index in [2.05, 4.69) is 5.32 Å². The molecule has 8 nitrogen and oxygen atoms in total. The Balaban J connectivity index is 1.40. The number of hydrogen-bond acceptors (Lipinski definition) is 5. The van der Waals surface area contributed by atoms with Crippen LogP contribution < -0.4 is 5.32 Å². The van der Waals surface area contributed by atoms with E-state index in [-0.39, 0.29) is 29.9 Å². The molecule has 2 atom stereocenters. The lowest BCUT2D eigenvalue weighted by molar-refractivity contribution is -0.130. The van der Waals surface area contributed by atoms with Crippen molar-refractivity contribution in [1.29, 1.82) is 0 Å². The lowest BCUT2D eigenvalue weighted by Gasteiger charge is -2.22. The molecule has 1 aromatic heterocycles. The minimum atomic E-state index is -3.09. The van der Waals surface area contributed by atoms with Gasteiger partial charge < -0.3 is 9.88 Å². The maximum Gasteiger partial charge on any atom is 0.325 e. The number of amides is 3. The molecule has 0 bridgehead atoms. The number of sulfone groups is 1. The SMILES string of the molecule is Cc1cc(C(=O)CN2C(=O)N[C@](C)(c3ccc4ccccc4c3)C2=O)c(C)n1[C@H]1CCS(=O)(=O)C1. The standard InChI is InChI=1S/C26H27N3O5S/c1-16-12-22(17(2)29(16)21-10-11-35(33,34)15-21)23(30)14-28-24(31)26(3,27-25(28)32)20-9-8-18-6-4-5-7-19(18)13-20/h4-9,12-13,21H,10-11,14-15H2,1-3H3,(H,27,32)/t21-,26+/m0/s1. The van der Waals surface area contributed by atoms with Crippen LogP contribution in [-0.2, 0) is 20.2 Å². The first-order valence-electron chi connectivity index (χ1n) is 11.6. The number of urea groups is 1. The molecule has 3 amide bonds. The summed E-state index contributed by atoms with van der Waals surface area (Å²) in [5, 5.41) is 4.74. The Hall–Kier alpha value is -3.46. The van der Waals surface area contributed by atoms with Gasteiger partial charge in [-0.3, -0.25) is 14.5 Å². The van der Waals surface area contributed by atoms with Crippen LogP contribution in [-0.4, -0.2) is 53.7 Å². The molecule has 182 valence electrons. The molecule has 0 spiro atoms. The number of hydrogen-bond donors (Lipinski definition) is 1. The fraction of sp³-hybridized carbons (Fsp3) is 0.346. The number of ketones is 1. The summed E-state index contributed by atoms with van der Waals surface area (Å²) in [5.41, 5.74) is 1.19. The maximum absolute atomic E-state index is 13.4. The summed E-state index contributed by atoms with van der Waals surface area (Å²) < 4.78 is 25.8. The predicted molar refractivity (Wildman–Crippen MR) is 132 cm³/mol. The minimum absolute atomic E-state index is 0.0497. The minimum Gasteiger partial charge on any atom is -0.344 e. The molecular weight excluding hydrogens is 466 g/mol. The molecule has 9 heteroatoms. The third-order valence-corrected chi connectivity index (χ3v) is 9.01. The largest absolute Gasteiger partial charge is 0.344 e. The number of Topliss-reactive ketones (excluding diaryl/α,β-unsaturated/α-hetero) is 1. The molecule has 0 aliphatic carbocycles. The highest BCUT2D eigenvalue weighted by atomic mass is 32.2. The number of aryl methyl sites for hydroxylation is 1. The van der Waals surface area contributed by atoms with Crippen molar-refractivity contribution in [3.8, 4) is 0 Å². The Morgan fingerprint density at radius 1 is 1.09 bits per heavy atom. The topological polar surface area (TPSA) is 106 Å². The molecule has 0 radical (unpaired) electrons. The number of nitrogens with zero attached hydrogens (tertiary/aromatic N) is 2. The average Bonchev–Trinajstić information content (AvgIpc) is 3.39. The highest BCUT2D eigenvalue weighted by Gasteiger charge is 2.49. The summed E-state index contributed by atoms with van der Waals surface area (Å²) >= 11 is 0. The number of fused-ring (bicyclic) bond motifs is 1. The molecule has 2 fully saturated rings. The molecule has 2 saturated heterocycles. The van der Waals surface area contributed by atoms with Crippen LogP contribution in [0.25, 0.3) is 10.8 Å². The van der Waals surface area contributed by atoms with Gasteiger partial charge in [-0.05, 0) is 55.7 Å². The second kappa shape index (κ2) is 8.05. The zero-order chi connectivity index (χ0) is 25.1. The molecule has 2 aromatic carbocycles. The smallest absolute Gasteiger partial charge is 0.325 e. The molecule has 1 N–H and O–H groups in total.